The van der Waals surface area contributed by atoms with Gasteiger partial charge in [-0.15, -0.1) is 0 Å². The Morgan fingerprint density at radius 2 is 1.73 bits per heavy atom. The molecule has 0 radical (unpaired) electrons. The minimum absolute atomic E-state index is 0.123. The van der Waals surface area contributed by atoms with Crippen molar-refractivity contribution in [2.45, 2.75) is 27.2 Å². The molecule has 0 spiro atoms. The van der Waals surface area contributed by atoms with Crippen molar-refractivity contribution in [3.05, 3.63) is 0 Å². The smallest absolute Gasteiger partial charge is 0.305 e. The Balaban J connectivity index is 0. The molecule has 0 aliphatic heterocycles. The number of ether oxygens (including phenoxy) is 1. The number of hydrogen-bond donors (Lipinski definition) is 1. The summed E-state index contributed by atoms with van der Waals surface area (Å²) in [5.41, 5.74) is 4.47. The van der Waals surface area contributed by atoms with E-state index in [1.165, 1.54) is 6.92 Å². The normalized spacial score (nSPS) is 7.55. The van der Waals surface area contributed by atoms with Gasteiger partial charge in [-0.3, -0.25) is 9.59 Å². The molecule has 0 aliphatic carbocycles. The molecule has 2 N–H and O–H groups in total. The third-order valence-electron chi connectivity index (χ3n) is 0.594. The molecule has 0 saturated carbocycles. The van der Waals surface area contributed by atoms with Crippen molar-refractivity contribution < 1.29 is 14.3 Å². The summed E-state index contributed by atoms with van der Waals surface area (Å²) in [4.78, 5) is 19.4. The lowest BCUT2D eigenvalue weighted by Crippen LogP contribution is -2.01. The predicted molar refractivity (Wildman–Crippen MR) is 41.8 cm³/mol. The Hall–Kier alpha value is -1.06. The zero-order chi connectivity index (χ0) is 9.28. The average molecular weight is 161 g/mol. The number of rotatable bonds is 2. The maximum Gasteiger partial charge on any atom is 0.305 e. The van der Waals surface area contributed by atoms with Gasteiger partial charge in [0.1, 0.15) is 0 Å². The number of hydrogen-bond acceptors (Lipinski definition) is 3. The van der Waals surface area contributed by atoms with Crippen molar-refractivity contribution in [3.63, 3.8) is 0 Å². The SMILES string of the molecule is CC(N)=O.CCOC(=O)CC. The molecular formula is C7H15NO3. The fourth-order valence-electron chi connectivity index (χ4n) is 0.263. The summed E-state index contributed by atoms with van der Waals surface area (Å²) in [7, 11) is 0. The number of primary amides is 1. The summed E-state index contributed by atoms with van der Waals surface area (Å²) in [6, 6.07) is 0. The molecular weight excluding hydrogens is 146 g/mol. The number of esters is 1. The highest BCUT2D eigenvalue weighted by molar-refractivity contribution is 5.70. The van der Waals surface area contributed by atoms with E-state index in [0.29, 0.717) is 13.0 Å². The highest BCUT2D eigenvalue weighted by Crippen LogP contribution is 1.80. The summed E-state index contributed by atoms with van der Waals surface area (Å²) in [6.45, 7) is 5.37. The zero-order valence-corrected chi connectivity index (χ0v) is 7.22. The molecule has 0 saturated heterocycles. The minimum atomic E-state index is -0.333. The van der Waals surface area contributed by atoms with Crippen LogP contribution in [0, 0.1) is 0 Å². The molecule has 0 aromatic heterocycles. The first-order valence-electron chi connectivity index (χ1n) is 3.46. The van der Waals surface area contributed by atoms with Gasteiger partial charge in [-0.2, -0.15) is 0 Å². The van der Waals surface area contributed by atoms with Crippen molar-refractivity contribution in [2.24, 2.45) is 5.73 Å². The fourth-order valence-corrected chi connectivity index (χ4v) is 0.263. The van der Waals surface area contributed by atoms with Crippen molar-refractivity contribution in [1.29, 1.82) is 0 Å². The minimum Gasteiger partial charge on any atom is -0.466 e. The molecule has 0 bridgehead atoms. The summed E-state index contributed by atoms with van der Waals surface area (Å²) in [6.07, 6.45) is 0.480. The molecule has 11 heavy (non-hydrogen) atoms. The summed E-state index contributed by atoms with van der Waals surface area (Å²) >= 11 is 0. The van der Waals surface area contributed by atoms with Gasteiger partial charge in [-0.25, -0.2) is 0 Å². The Morgan fingerprint density at radius 1 is 1.36 bits per heavy atom. The van der Waals surface area contributed by atoms with E-state index in [4.69, 9.17) is 0 Å². The molecule has 1 amide bonds. The van der Waals surface area contributed by atoms with Gasteiger partial charge in [0, 0.05) is 13.3 Å². The second kappa shape index (κ2) is 8.94. The average Bonchev–Trinajstić information content (AvgIpc) is 1.87. The number of nitrogens with two attached hydrogens (primary N) is 1. The van der Waals surface area contributed by atoms with Gasteiger partial charge in [0.25, 0.3) is 0 Å². The van der Waals surface area contributed by atoms with E-state index in [0.717, 1.165) is 0 Å². The van der Waals surface area contributed by atoms with Gasteiger partial charge in [0.15, 0.2) is 0 Å². The maximum absolute atomic E-state index is 10.2. The standard InChI is InChI=1S/C5H10O2.C2H5NO/c1-3-5(6)7-4-2;1-2(3)4/h3-4H2,1-2H3;1H3,(H2,3,4). The summed E-state index contributed by atoms with van der Waals surface area (Å²) < 4.78 is 4.55. The topological polar surface area (TPSA) is 69.4 Å². The third kappa shape index (κ3) is 27.7. The third-order valence-corrected chi connectivity index (χ3v) is 0.594. The molecule has 0 heterocycles. The second-order valence-electron chi connectivity index (χ2n) is 1.77. The van der Waals surface area contributed by atoms with Crippen LogP contribution >= 0.6 is 0 Å². The van der Waals surface area contributed by atoms with Crippen molar-refractivity contribution in [1.82, 2.24) is 0 Å². The Labute approximate surface area is 66.7 Å². The molecule has 0 rings (SSSR count). The molecule has 0 unspecified atom stereocenters. The van der Waals surface area contributed by atoms with Crippen LogP contribution in [0.2, 0.25) is 0 Å². The second-order valence-corrected chi connectivity index (χ2v) is 1.77. The van der Waals surface area contributed by atoms with E-state index in [2.05, 4.69) is 10.5 Å². The Kier molecular flexibility index (Phi) is 10.2. The number of carbonyl (C=O) groups excluding carboxylic acids is 2. The zero-order valence-electron chi connectivity index (χ0n) is 7.22. The summed E-state index contributed by atoms with van der Waals surface area (Å²) in [5.74, 6) is -0.456. The lowest BCUT2D eigenvalue weighted by Gasteiger charge is -1.93. The first-order chi connectivity index (χ1) is 5.04. The Bertz CT molecular complexity index is 119. The molecule has 66 valence electrons. The van der Waals surface area contributed by atoms with Crippen LogP contribution < -0.4 is 5.73 Å². The van der Waals surface area contributed by atoms with Gasteiger partial charge >= 0.3 is 5.97 Å². The van der Waals surface area contributed by atoms with Crippen LogP contribution in [-0.2, 0) is 14.3 Å². The first kappa shape index (κ1) is 12.6. The van der Waals surface area contributed by atoms with E-state index >= 15 is 0 Å². The van der Waals surface area contributed by atoms with Crippen LogP contribution in [-0.4, -0.2) is 18.5 Å². The van der Waals surface area contributed by atoms with E-state index < -0.39 is 0 Å². The molecule has 0 fully saturated rings. The van der Waals surface area contributed by atoms with Crippen molar-refractivity contribution >= 4 is 11.9 Å². The predicted octanol–water partition coefficient (Wildman–Crippen LogP) is 0.451. The molecule has 0 aromatic carbocycles. The van der Waals surface area contributed by atoms with Gasteiger partial charge in [-0.1, -0.05) is 6.92 Å². The summed E-state index contributed by atoms with van der Waals surface area (Å²) in [5, 5.41) is 0. The van der Waals surface area contributed by atoms with Crippen LogP contribution in [0.5, 0.6) is 0 Å². The first-order valence-corrected chi connectivity index (χ1v) is 3.46. The van der Waals surface area contributed by atoms with Crippen molar-refractivity contribution in [3.8, 4) is 0 Å². The van der Waals surface area contributed by atoms with Crippen LogP contribution in [0.25, 0.3) is 0 Å². The highest BCUT2D eigenvalue weighted by atomic mass is 16.5. The van der Waals surface area contributed by atoms with Crippen LogP contribution in [0.4, 0.5) is 0 Å². The highest BCUT2D eigenvalue weighted by Gasteiger charge is 1.91. The Morgan fingerprint density at radius 3 is 1.82 bits per heavy atom. The fraction of sp³-hybridized carbons (Fsp3) is 0.714. The lowest BCUT2D eigenvalue weighted by atomic mass is 10.5. The van der Waals surface area contributed by atoms with Crippen LogP contribution in [0.1, 0.15) is 27.2 Å². The van der Waals surface area contributed by atoms with Gasteiger partial charge in [0.05, 0.1) is 6.61 Å². The quantitative estimate of drug-likeness (QED) is 0.598. The van der Waals surface area contributed by atoms with E-state index in [9.17, 15) is 9.59 Å². The molecule has 0 aromatic rings. The van der Waals surface area contributed by atoms with E-state index in [-0.39, 0.29) is 11.9 Å². The van der Waals surface area contributed by atoms with Crippen LogP contribution in [0.3, 0.4) is 0 Å². The number of amides is 1. The van der Waals surface area contributed by atoms with Gasteiger partial charge in [0.2, 0.25) is 5.91 Å². The maximum atomic E-state index is 10.2. The number of carbonyl (C=O) groups is 2. The molecule has 4 nitrogen and oxygen atoms in total. The molecule has 0 aliphatic rings. The lowest BCUT2D eigenvalue weighted by molar-refractivity contribution is -0.142. The van der Waals surface area contributed by atoms with Crippen LogP contribution in [0.15, 0.2) is 0 Å². The van der Waals surface area contributed by atoms with E-state index in [1.807, 2.05) is 0 Å². The molecule has 4 heteroatoms. The monoisotopic (exact) mass is 161 g/mol. The van der Waals surface area contributed by atoms with Gasteiger partial charge in [-0.05, 0) is 6.92 Å². The molecule has 0 atom stereocenters. The van der Waals surface area contributed by atoms with E-state index in [1.54, 1.807) is 13.8 Å². The van der Waals surface area contributed by atoms with Gasteiger partial charge < -0.3 is 10.5 Å². The van der Waals surface area contributed by atoms with Crippen molar-refractivity contribution in [2.75, 3.05) is 6.61 Å². The largest absolute Gasteiger partial charge is 0.466 e.